The van der Waals surface area contributed by atoms with E-state index in [0.29, 0.717) is 36.2 Å². The van der Waals surface area contributed by atoms with Crippen LogP contribution in [-0.4, -0.2) is 36.5 Å². The fourth-order valence-corrected chi connectivity index (χ4v) is 2.67. The highest BCUT2D eigenvalue weighted by molar-refractivity contribution is 5.98. The Morgan fingerprint density at radius 2 is 2.10 bits per heavy atom. The zero-order chi connectivity index (χ0) is 22.3. The second kappa shape index (κ2) is 9.78. The van der Waals surface area contributed by atoms with Crippen molar-refractivity contribution < 1.29 is 32.3 Å². The molecule has 1 amide bonds. The molecule has 0 saturated heterocycles. The topological polar surface area (TPSA) is 134 Å². The first-order valence-corrected chi connectivity index (χ1v) is 8.88. The second-order valence-electron chi connectivity index (χ2n) is 6.47. The molecule has 8 nitrogen and oxygen atoms in total. The fraction of sp³-hybridized carbons (Fsp3) is 0.368. The number of benzene rings is 1. The van der Waals surface area contributed by atoms with Crippen molar-refractivity contribution in [1.29, 1.82) is 5.41 Å². The molecule has 1 aliphatic heterocycles. The molecule has 0 saturated carbocycles. The molecule has 0 aliphatic carbocycles. The number of carbonyl (C=O) groups excluding carboxylic acids is 3. The quantitative estimate of drug-likeness (QED) is 0.141. The Kier molecular flexibility index (Phi) is 7.41. The van der Waals surface area contributed by atoms with E-state index in [1.165, 1.54) is 0 Å². The van der Waals surface area contributed by atoms with E-state index in [0.717, 1.165) is 0 Å². The molecule has 0 aromatic heterocycles. The van der Waals surface area contributed by atoms with Gasteiger partial charge in [0.1, 0.15) is 0 Å². The van der Waals surface area contributed by atoms with Gasteiger partial charge in [-0.2, -0.15) is 13.2 Å². The first-order valence-electron chi connectivity index (χ1n) is 8.88. The standard InChI is InChI=1S/C19H19F3N4O4/c20-19(21,22)17(29)30-15(27)10-13-9-12-6-5-11(8-14(12)26-16(13)28)4-2-1-3-7-25-18(23)24/h5-6,8,13H,1,3,7,9-10H2,(H,26,28)(H4,23,24,25). The van der Waals surface area contributed by atoms with Gasteiger partial charge in [-0.3, -0.25) is 15.0 Å². The number of carbonyl (C=O) groups is 3. The van der Waals surface area contributed by atoms with E-state index in [1.807, 2.05) is 0 Å². The minimum atomic E-state index is -5.28. The summed E-state index contributed by atoms with van der Waals surface area (Å²) in [6, 6.07) is 5.09. The van der Waals surface area contributed by atoms with Crippen LogP contribution in [0.1, 0.15) is 30.4 Å². The normalized spacial score (nSPS) is 15.2. The Morgan fingerprint density at radius 3 is 2.77 bits per heavy atom. The van der Waals surface area contributed by atoms with E-state index in [4.69, 9.17) is 11.1 Å². The van der Waals surface area contributed by atoms with Crippen LogP contribution in [0.25, 0.3) is 0 Å². The van der Waals surface area contributed by atoms with Gasteiger partial charge in [-0.1, -0.05) is 17.9 Å². The number of anilines is 1. The van der Waals surface area contributed by atoms with E-state index in [-0.39, 0.29) is 12.4 Å². The van der Waals surface area contributed by atoms with Crippen LogP contribution in [0.2, 0.25) is 0 Å². The number of guanidine groups is 1. The van der Waals surface area contributed by atoms with Crippen molar-refractivity contribution in [3.63, 3.8) is 0 Å². The number of alkyl halides is 3. The van der Waals surface area contributed by atoms with Gasteiger partial charge in [0, 0.05) is 24.2 Å². The number of hydrogen-bond donors (Lipinski definition) is 4. The first kappa shape index (κ1) is 22.7. The van der Waals surface area contributed by atoms with Crippen molar-refractivity contribution in [1.82, 2.24) is 5.32 Å². The van der Waals surface area contributed by atoms with Crippen LogP contribution >= 0.6 is 0 Å². The third-order valence-corrected chi connectivity index (χ3v) is 4.08. The maximum Gasteiger partial charge on any atom is 0.491 e. The third-order valence-electron chi connectivity index (χ3n) is 4.08. The van der Waals surface area contributed by atoms with Crippen molar-refractivity contribution in [3.8, 4) is 11.8 Å². The molecule has 0 spiro atoms. The van der Waals surface area contributed by atoms with Gasteiger partial charge in [-0.15, -0.1) is 0 Å². The van der Waals surface area contributed by atoms with Crippen molar-refractivity contribution in [2.75, 3.05) is 11.9 Å². The lowest BCUT2D eigenvalue weighted by Gasteiger charge is -2.24. The number of ether oxygens (including phenoxy) is 1. The number of unbranched alkanes of at least 4 members (excludes halogenated alkanes) is 1. The number of amides is 1. The van der Waals surface area contributed by atoms with Crippen molar-refractivity contribution in [3.05, 3.63) is 29.3 Å². The summed E-state index contributed by atoms with van der Waals surface area (Å²) in [5.41, 5.74) is 7.01. The van der Waals surface area contributed by atoms with Crippen LogP contribution in [0.5, 0.6) is 0 Å². The van der Waals surface area contributed by atoms with Crippen LogP contribution in [0, 0.1) is 23.2 Å². The lowest BCUT2D eigenvalue weighted by atomic mass is 9.90. The summed E-state index contributed by atoms with van der Waals surface area (Å²) in [6.07, 6.45) is -4.55. The van der Waals surface area contributed by atoms with Crippen LogP contribution < -0.4 is 16.4 Å². The number of rotatable bonds is 5. The molecule has 1 atom stereocenters. The molecule has 1 aromatic carbocycles. The molecule has 1 heterocycles. The zero-order valence-electron chi connectivity index (χ0n) is 15.7. The Labute approximate surface area is 169 Å². The Hall–Kier alpha value is -3.55. The van der Waals surface area contributed by atoms with Crippen LogP contribution in [-0.2, 0) is 25.5 Å². The number of halogens is 3. The Morgan fingerprint density at radius 1 is 1.37 bits per heavy atom. The predicted octanol–water partition coefficient (Wildman–Crippen LogP) is 1.43. The lowest BCUT2D eigenvalue weighted by Crippen LogP contribution is -2.34. The molecular formula is C19H19F3N4O4. The molecule has 0 fully saturated rings. The maximum atomic E-state index is 12.2. The zero-order valence-corrected chi connectivity index (χ0v) is 15.7. The van der Waals surface area contributed by atoms with Crippen molar-refractivity contribution in [2.24, 2.45) is 11.7 Å². The number of fused-ring (bicyclic) bond motifs is 1. The number of nitrogens with two attached hydrogens (primary N) is 1. The third kappa shape index (κ3) is 6.80. The Balaban J connectivity index is 1.93. The fourth-order valence-electron chi connectivity index (χ4n) is 2.67. The maximum absolute atomic E-state index is 12.2. The summed E-state index contributed by atoms with van der Waals surface area (Å²) in [4.78, 5) is 34.4. The summed E-state index contributed by atoms with van der Waals surface area (Å²) in [6.45, 7) is 0.530. The van der Waals surface area contributed by atoms with E-state index >= 15 is 0 Å². The smallest absolute Gasteiger partial charge is 0.386 e. The minimum absolute atomic E-state index is 0.105. The molecule has 5 N–H and O–H groups in total. The van der Waals surface area contributed by atoms with Crippen molar-refractivity contribution >= 4 is 29.5 Å². The van der Waals surface area contributed by atoms with E-state index < -0.39 is 36.4 Å². The molecule has 0 radical (unpaired) electrons. The van der Waals surface area contributed by atoms with Crippen molar-refractivity contribution in [2.45, 2.75) is 31.9 Å². The summed E-state index contributed by atoms with van der Waals surface area (Å²) >= 11 is 0. The van der Waals surface area contributed by atoms with Crippen LogP contribution in [0.3, 0.4) is 0 Å². The van der Waals surface area contributed by atoms with Crippen LogP contribution in [0.4, 0.5) is 18.9 Å². The van der Waals surface area contributed by atoms with Gasteiger partial charge >= 0.3 is 18.1 Å². The largest absolute Gasteiger partial charge is 0.491 e. The van der Waals surface area contributed by atoms with Crippen LogP contribution in [0.15, 0.2) is 18.2 Å². The van der Waals surface area contributed by atoms with Gasteiger partial charge in [0.05, 0.1) is 12.3 Å². The molecule has 1 aliphatic rings. The number of hydrogen-bond acceptors (Lipinski definition) is 5. The van der Waals surface area contributed by atoms with E-state index in [9.17, 15) is 27.6 Å². The summed E-state index contributed by atoms with van der Waals surface area (Å²) in [5.74, 6) is 0.275. The van der Waals surface area contributed by atoms with Gasteiger partial charge in [-0.05, 0) is 30.5 Å². The molecule has 2 rings (SSSR count). The highest BCUT2D eigenvalue weighted by atomic mass is 19.4. The molecule has 1 unspecified atom stereocenters. The average molecular weight is 424 g/mol. The molecule has 0 bridgehead atoms. The summed E-state index contributed by atoms with van der Waals surface area (Å²) in [7, 11) is 0. The second-order valence-corrected chi connectivity index (χ2v) is 6.47. The lowest BCUT2D eigenvalue weighted by molar-refractivity contribution is -0.202. The first-order chi connectivity index (χ1) is 14.1. The van der Waals surface area contributed by atoms with Gasteiger partial charge in [0.2, 0.25) is 5.91 Å². The SMILES string of the molecule is N=C(N)NCCCC#Cc1ccc2c(c1)NC(=O)C(CC(=O)OC(=O)C(F)(F)F)C2. The molecule has 1 aromatic rings. The van der Waals surface area contributed by atoms with Gasteiger partial charge < -0.3 is 21.1 Å². The van der Waals surface area contributed by atoms with Gasteiger partial charge in [0.25, 0.3) is 0 Å². The molecule has 160 valence electrons. The van der Waals surface area contributed by atoms with E-state index in [1.54, 1.807) is 18.2 Å². The summed E-state index contributed by atoms with van der Waals surface area (Å²) in [5, 5.41) is 12.3. The molecular weight excluding hydrogens is 405 g/mol. The monoisotopic (exact) mass is 424 g/mol. The summed E-state index contributed by atoms with van der Waals surface area (Å²) < 4.78 is 40.2. The predicted molar refractivity (Wildman–Crippen MR) is 100 cm³/mol. The minimum Gasteiger partial charge on any atom is -0.386 e. The molecule has 11 heteroatoms. The van der Waals surface area contributed by atoms with Gasteiger partial charge in [0.15, 0.2) is 5.96 Å². The van der Waals surface area contributed by atoms with Gasteiger partial charge in [-0.25, -0.2) is 4.79 Å². The average Bonchev–Trinajstić information content (AvgIpc) is 2.64. The number of nitrogens with one attached hydrogen (secondary N) is 3. The van der Waals surface area contributed by atoms with E-state index in [2.05, 4.69) is 27.2 Å². The highest BCUT2D eigenvalue weighted by Gasteiger charge is 2.43. The highest BCUT2D eigenvalue weighted by Crippen LogP contribution is 2.28. The molecule has 30 heavy (non-hydrogen) atoms. The Bertz CT molecular complexity index is 919. The number of esters is 2.